The lowest BCUT2D eigenvalue weighted by atomic mass is 9.96. The van der Waals surface area contributed by atoms with Gasteiger partial charge in [0.25, 0.3) is 0 Å². The number of nitrogens with one attached hydrogen (secondary N) is 2. The highest BCUT2D eigenvalue weighted by molar-refractivity contribution is 6.35. The van der Waals surface area contributed by atoms with Crippen LogP contribution in [0.2, 0.25) is 5.02 Å². The summed E-state index contributed by atoms with van der Waals surface area (Å²) in [5.74, 6) is -0.735. The number of benzene rings is 1. The zero-order valence-corrected chi connectivity index (χ0v) is 18.8. The van der Waals surface area contributed by atoms with E-state index in [4.69, 9.17) is 21.1 Å². The molecule has 1 unspecified atom stereocenters. The van der Waals surface area contributed by atoms with Crippen molar-refractivity contribution in [1.29, 1.82) is 0 Å². The number of nitrogens with zero attached hydrogens (tertiary/aromatic N) is 2. The average molecular weight is 437 g/mol. The summed E-state index contributed by atoms with van der Waals surface area (Å²) in [5.41, 5.74) is 0.0484. The molecular weight excluding hydrogens is 408 g/mol. The molecule has 0 aliphatic carbocycles. The molecular formula is C21H29ClN4O4. The van der Waals surface area contributed by atoms with Crippen molar-refractivity contribution in [2.24, 2.45) is 5.92 Å². The lowest BCUT2D eigenvalue weighted by molar-refractivity contribution is -0.128. The molecule has 1 aromatic heterocycles. The van der Waals surface area contributed by atoms with Gasteiger partial charge in [-0.2, -0.15) is 5.10 Å². The molecule has 1 aromatic carbocycles. The number of amides is 2. The van der Waals surface area contributed by atoms with Gasteiger partial charge in [0.2, 0.25) is 5.91 Å². The van der Waals surface area contributed by atoms with Crippen LogP contribution in [-0.2, 0) is 19.8 Å². The third kappa shape index (κ3) is 5.05. The van der Waals surface area contributed by atoms with Crippen LogP contribution in [0.4, 0.5) is 4.79 Å². The Hall–Kier alpha value is -2.32. The Balaban J connectivity index is 1.74. The van der Waals surface area contributed by atoms with Crippen molar-refractivity contribution in [2.75, 3.05) is 26.3 Å². The Bertz CT molecular complexity index is 935. The topological polar surface area (TPSA) is 96.5 Å². The van der Waals surface area contributed by atoms with E-state index in [0.29, 0.717) is 23.9 Å². The summed E-state index contributed by atoms with van der Waals surface area (Å²) in [6, 6.07) is 5.54. The molecule has 30 heavy (non-hydrogen) atoms. The summed E-state index contributed by atoms with van der Waals surface area (Å²) in [4.78, 5) is 27.1. The minimum absolute atomic E-state index is 0.214. The number of hydrogen-bond acceptors (Lipinski definition) is 5. The van der Waals surface area contributed by atoms with Gasteiger partial charge in [0.1, 0.15) is 5.60 Å². The second kappa shape index (κ2) is 8.43. The van der Waals surface area contributed by atoms with Crippen molar-refractivity contribution in [3.63, 3.8) is 0 Å². The summed E-state index contributed by atoms with van der Waals surface area (Å²) >= 11 is 6.23. The SMILES string of the molecule is CC(C)(C)OC(=O)N1CCOCC(C(=O)NC(C)(C)c2n[nH]c3c(Cl)cccc23)C1. The Labute approximate surface area is 181 Å². The molecule has 0 radical (unpaired) electrons. The molecule has 8 nitrogen and oxygen atoms in total. The van der Waals surface area contributed by atoms with Gasteiger partial charge in [-0.05, 0) is 40.7 Å². The van der Waals surface area contributed by atoms with Crippen LogP contribution in [0.1, 0.15) is 40.3 Å². The smallest absolute Gasteiger partial charge is 0.410 e. The van der Waals surface area contributed by atoms with Crippen molar-refractivity contribution < 1.29 is 19.1 Å². The summed E-state index contributed by atoms with van der Waals surface area (Å²) in [6.45, 7) is 10.4. The first-order valence-electron chi connectivity index (χ1n) is 9.99. The van der Waals surface area contributed by atoms with Crippen LogP contribution in [0.3, 0.4) is 0 Å². The number of rotatable bonds is 3. The second-order valence-corrected chi connectivity index (χ2v) is 9.45. The van der Waals surface area contributed by atoms with Crippen LogP contribution in [0.5, 0.6) is 0 Å². The predicted molar refractivity (Wildman–Crippen MR) is 114 cm³/mol. The summed E-state index contributed by atoms with van der Waals surface area (Å²) in [7, 11) is 0. The molecule has 2 N–H and O–H groups in total. The molecule has 1 aliphatic rings. The van der Waals surface area contributed by atoms with Crippen LogP contribution in [0.15, 0.2) is 18.2 Å². The van der Waals surface area contributed by atoms with E-state index in [1.54, 1.807) is 6.07 Å². The van der Waals surface area contributed by atoms with Crippen LogP contribution >= 0.6 is 11.6 Å². The number of halogens is 1. The highest BCUT2D eigenvalue weighted by Gasteiger charge is 2.34. The number of fused-ring (bicyclic) bond motifs is 1. The van der Waals surface area contributed by atoms with E-state index < -0.39 is 23.2 Å². The number of H-pyrrole nitrogens is 1. The van der Waals surface area contributed by atoms with Gasteiger partial charge in [-0.3, -0.25) is 9.89 Å². The van der Waals surface area contributed by atoms with Crippen molar-refractivity contribution in [3.8, 4) is 0 Å². The average Bonchev–Trinajstić information content (AvgIpc) is 2.92. The Morgan fingerprint density at radius 1 is 1.30 bits per heavy atom. The summed E-state index contributed by atoms with van der Waals surface area (Å²) in [6.07, 6.45) is -0.446. The lowest BCUT2D eigenvalue weighted by Gasteiger charge is -2.30. The summed E-state index contributed by atoms with van der Waals surface area (Å²) in [5, 5.41) is 11.8. The van der Waals surface area contributed by atoms with Gasteiger partial charge < -0.3 is 19.7 Å². The first-order valence-corrected chi connectivity index (χ1v) is 10.4. The molecule has 2 aromatic rings. The van der Waals surface area contributed by atoms with Crippen LogP contribution in [-0.4, -0.2) is 59.0 Å². The standard InChI is InChI=1S/C21H29ClN4O4/c1-20(2,3)30-19(28)26-9-10-29-12-13(11-26)18(27)23-21(4,5)17-14-7-6-8-15(22)16(14)24-25-17/h6-8,13H,9-12H2,1-5H3,(H,23,27)(H,24,25). The Kier molecular flexibility index (Phi) is 6.29. The number of carbonyl (C=O) groups excluding carboxylic acids is 2. The van der Waals surface area contributed by atoms with Gasteiger partial charge in [-0.15, -0.1) is 0 Å². The molecule has 1 atom stereocenters. The van der Waals surface area contributed by atoms with Crippen LogP contribution < -0.4 is 5.32 Å². The first-order chi connectivity index (χ1) is 14.0. The third-order valence-electron chi connectivity index (χ3n) is 4.86. The second-order valence-electron chi connectivity index (χ2n) is 9.05. The monoisotopic (exact) mass is 436 g/mol. The maximum atomic E-state index is 13.1. The van der Waals surface area contributed by atoms with Crippen molar-refractivity contribution in [3.05, 3.63) is 28.9 Å². The molecule has 0 bridgehead atoms. The predicted octanol–water partition coefficient (Wildman–Crippen LogP) is 3.45. The molecule has 1 aliphatic heterocycles. The van der Waals surface area contributed by atoms with Crippen LogP contribution in [0.25, 0.3) is 10.9 Å². The maximum Gasteiger partial charge on any atom is 0.410 e. The molecule has 0 saturated carbocycles. The van der Waals surface area contributed by atoms with Gasteiger partial charge in [-0.1, -0.05) is 23.7 Å². The molecule has 2 amide bonds. The number of aromatic nitrogens is 2. The Morgan fingerprint density at radius 3 is 2.73 bits per heavy atom. The maximum absolute atomic E-state index is 13.1. The van der Waals surface area contributed by atoms with Gasteiger partial charge in [0, 0.05) is 18.5 Å². The van der Waals surface area contributed by atoms with E-state index in [0.717, 1.165) is 10.9 Å². The van der Waals surface area contributed by atoms with Gasteiger partial charge >= 0.3 is 6.09 Å². The van der Waals surface area contributed by atoms with E-state index in [2.05, 4.69) is 15.5 Å². The van der Waals surface area contributed by atoms with E-state index in [9.17, 15) is 9.59 Å². The molecule has 3 rings (SSSR count). The fraction of sp³-hybridized carbons (Fsp3) is 0.571. The summed E-state index contributed by atoms with van der Waals surface area (Å²) < 4.78 is 11.0. The van der Waals surface area contributed by atoms with Gasteiger partial charge in [0.05, 0.1) is 40.9 Å². The molecule has 1 saturated heterocycles. The van der Waals surface area contributed by atoms with E-state index in [1.165, 1.54) is 4.90 Å². The van der Waals surface area contributed by atoms with Crippen molar-refractivity contribution in [1.82, 2.24) is 20.4 Å². The molecule has 0 spiro atoms. The third-order valence-corrected chi connectivity index (χ3v) is 5.18. The molecule has 1 fully saturated rings. The minimum Gasteiger partial charge on any atom is -0.444 e. The normalized spacial score (nSPS) is 18.2. The van der Waals surface area contributed by atoms with Crippen LogP contribution in [0, 0.1) is 5.92 Å². The molecule has 164 valence electrons. The minimum atomic E-state index is -0.761. The van der Waals surface area contributed by atoms with Gasteiger partial charge in [0.15, 0.2) is 0 Å². The fourth-order valence-corrected chi connectivity index (χ4v) is 3.63. The largest absolute Gasteiger partial charge is 0.444 e. The Morgan fingerprint density at radius 2 is 2.03 bits per heavy atom. The van der Waals surface area contributed by atoms with Crippen molar-refractivity contribution in [2.45, 2.75) is 45.8 Å². The molecule has 9 heteroatoms. The number of hydrogen-bond donors (Lipinski definition) is 2. The zero-order valence-electron chi connectivity index (χ0n) is 18.0. The van der Waals surface area contributed by atoms with E-state index in [1.807, 2.05) is 46.8 Å². The highest BCUT2D eigenvalue weighted by atomic mass is 35.5. The van der Waals surface area contributed by atoms with Crippen molar-refractivity contribution >= 4 is 34.5 Å². The zero-order chi connectivity index (χ0) is 22.1. The number of carbonyl (C=O) groups is 2. The van der Waals surface area contributed by atoms with E-state index >= 15 is 0 Å². The van der Waals surface area contributed by atoms with Gasteiger partial charge in [-0.25, -0.2) is 4.79 Å². The number of ether oxygens (including phenoxy) is 2. The highest BCUT2D eigenvalue weighted by Crippen LogP contribution is 2.30. The number of para-hydroxylation sites is 1. The first kappa shape index (κ1) is 22.4. The lowest BCUT2D eigenvalue weighted by Crippen LogP contribution is -2.48. The fourth-order valence-electron chi connectivity index (χ4n) is 3.41. The van der Waals surface area contributed by atoms with E-state index in [-0.39, 0.29) is 19.1 Å². The molecule has 2 heterocycles. The quantitative estimate of drug-likeness (QED) is 0.768. The number of aromatic amines is 1.